The van der Waals surface area contributed by atoms with E-state index >= 15 is 0 Å². The number of likely N-dealkylation sites (tertiary alicyclic amines) is 1. The van der Waals surface area contributed by atoms with Crippen molar-refractivity contribution < 1.29 is 4.79 Å². The van der Waals surface area contributed by atoms with Gasteiger partial charge in [0.15, 0.2) is 10.8 Å². The summed E-state index contributed by atoms with van der Waals surface area (Å²) in [5.41, 5.74) is 1.86. The van der Waals surface area contributed by atoms with E-state index in [1.807, 2.05) is 30.3 Å². The number of piperidine rings is 1. The second-order valence-corrected chi connectivity index (χ2v) is 7.50. The molecule has 27 heavy (non-hydrogen) atoms. The number of anilines is 1. The third-order valence-electron chi connectivity index (χ3n) is 4.61. The van der Waals surface area contributed by atoms with Crippen LogP contribution >= 0.6 is 11.3 Å². The number of nitrogens with zero attached hydrogens (tertiary/aromatic N) is 4. The van der Waals surface area contributed by atoms with Gasteiger partial charge in [0.2, 0.25) is 5.91 Å². The Hall–Kier alpha value is -2.64. The van der Waals surface area contributed by atoms with Gasteiger partial charge in [0.25, 0.3) is 0 Å². The van der Waals surface area contributed by atoms with E-state index < -0.39 is 0 Å². The Morgan fingerprint density at radius 3 is 2.81 bits per heavy atom. The first-order valence-corrected chi connectivity index (χ1v) is 9.96. The summed E-state index contributed by atoms with van der Waals surface area (Å²) >= 11 is 1.56. The van der Waals surface area contributed by atoms with Gasteiger partial charge in [0, 0.05) is 36.6 Å². The van der Waals surface area contributed by atoms with Gasteiger partial charge in [-0.25, -0.2) is 15.0 Å². The van der Waals surface area contributed by atoms with Crippen molar-refractivity contribution in [2.24, 2.45) is 5.92 Å². The zero-order chi connectivity index (χ0) is 18.5. The van der Waals surface area contributed by atoms with E-state index in [4.69, 9.17) is 0 Å². The molecular formula is C20H21N5OS. The fourth-order valence-corrected chi connectivity index (χ4v) is 4.06. The minimum absolute atomic E-state index is 0.00881. The third-order valence-corrected chi connectivity index (χ3v) is 5.50. The van der Waals surface area contributed by atoms with Gasteiger partial charge in [-0.05, 0) is 37.6 Å². The van der Waals surface area contributed by atoms with Gasteiger partial charge in [0.05, 0.1) is 11.6 Å². The van der Waals surface area contributed by atoms with Gasteiger partial charge < -0.3 is 5.32 Å². The largest absolute Gasteiger partial charge is 0.326 e. The Morgan fingerprint density at radius 1 is 1.19 bits per heavy atom. The number of thiazole rings is 1. The lowest BCUT2D eigenvalue weighted by Crippen LogP contribution is -2.40. The van der Waals surface area contributed by atoms with Gasteiger partial charge in [-0.15, -0.1) is 11.3 Å². The number of hydrogen-bond donors (Lipinski definition) is 1. The highest BCUT2D eigenvalue weighted by Crippen LogP contribution is 2.23. The number of nitrogens with one attached hydrogen (secondary N) is 1. The number of benzene rings is 1. The second-order valence-electron chi connectivity index (χ2n) is 6.65. The van der Waals surface area contributed by atoms with Crippen LogP contribution in [0.5, 0.6) is 0 Å². The normalized spacial score (nSPS) is 17.6. The Bertz CT molecular complexity index is 884. The zero-order valence-corrected chi connectivity index (χ0v) is 15.7. The first-order chi connectivity index (χ1) is 13.3. The Morgan fingerprint density at radius 2 is 2.00 bits per heavy atom. The van der Waals surface area contributed by atoms with Crippen molar-refractivity contribution in [1.29, 1.82) is 0 Å². The molecule has 4 rings (SSSR count). The minimum Gasteiger partial charge on any atom is -0.326 e. The molecule has 7 heteroatoms. The molecule has 0 aliphatic carbocycles. The molecule has 1 N–H and O–H groups in total. The molecule has 1 aromatic carbocycles. The maximum atomic E-state index is 12.6. The van der Waals surface area contributed by atoms with Crippen LogP contribution in [-0.2, 0) is 11.3 Å². The van der Waals surface area contributed by atoms with Crippen LogP contribution in [-0.4, -0.2) is 38.8 Å². The fourth-order valence-electron chi connectivity index (χ4n) is 3.30. The predicted molar refractivity (Wildman–Crippen MR) is 106 cm³/mol. The Labute approximate surface area is 162 Å². The number of aromatic nitrogens is 3. The molecule has 1 amide bonds. The highest BCUT2D eigenvalue weighted by Gasteiger charge is 2.26. The summed E-state index contributed by atoms with van der Waals surface area (Å²) in [7, 11) is 0. The van der Waals surface area contributed by atoms with E-state index in [-0.39, 0.29) is 11.8 Å². The molecule has 1 aliphatic heterocycles. The van der Waals surface area contributed by atoms with Gasteiger partial charge in [-0.3, -0.25) is 9.69 Å². The summed E-state index contributed by atoms with van der Waals surface area (Å²) in [6.07, 6.45) is 5.40. The van der Waals surface area contributed by atoms with E-state index in [1.165, 1.54) is 0 Å². The van der Waals surface area contributed by atoms with E-state index in [0.717, 1.165) is 48.9 Å². The van der Waals surface area contributed by atoms with E-state index in [1.54, 1.807) is 29.8 Å². The van der Waals surface area contributed by atoms with Crippen molar-refractivity contribution in [2.45, 2.75) is 19.4 Å². The lowest BCUT2D eigenvalue weighted by atomic mass is 9.97. The molecule has 6 nitrogen and oxygen atoms in total. The summed E-state index contributed by atoms with van der Waals surface area (Å²) < 4.78 is 0. The molecule has 1 saturated heterocycles. The molecule has 0 bridgehead atoms. The molecular weight excluding hydrogens is 358 g/mol. The Kier molecular flexibility index (Phi) is 5.50. The van der Waals surface area contributed by atoms with Gasteiger partial charge in [-0.1, -0.05) is 18.2 Å². The Balaban J connectivity index is 1.36. The average molecular weight is 379 g/mol. The lowest BCUT2D eigenvalue weighted by Gasteiger charge is -2.31. The molecule has 2 aromatic heterocycles. The van der Waals surface area contributed by atoms with Crippen molar-refractivity contribution in [2.75, 3.05) is 18.4 Å². The SMILES string of the molecule is O=C(Nc1ccccc1)C1CCCN(Cc2csc(-c3ncccn3)n2)C1. The zero-order valence-electron chi connectivity index (χ0n) is 14.9. The van der Waals surface area contributed by atoms with E-state index in [9.17, 15) is 4.79 Å². The van der Waals surface area contributed by atoms with Gasteiger partial charge in [-0.2, -0.15) is 0 Å². The van der Waals surface area contributed by atoms with Crippen LogP contribution in [0.25, 0.3) is 10.8 Å². The number of hydrogen-bond acceptors (Lipinski definition) is 6. The number of carbonyl (C=O) groups excluding carboxylic acids is 1. The summed E-state index contributed by atoms with van der Waals surface area (Å²) in [5.74, 6) is 0.768. The minimum atomic E-state index is 0.00881. The third kappa shape index (κ3) is 4.56. The van der Waals surface area contributed by atoms with Crippen LogP contribution in [0.4, 0.5) is 5.69 Å². The molecule has 3 heterocycles. The van der Waals surface area contributed by atoms with Crippen LogP contribution in [0.1, 0.15) is 18.5 Å². The molecule has 0 saturated carbocycles. The second kappa shape index (κ2) is 8.37. The first kappa shape index (κ1) is 17.8. The molecule has 3 aromatic rings. The number of amides is 1. The smallest absolute Gasteiger partial charge is 0.228 e. The molecule has 1 fully saturated rings. The van der Waals surface area contributed by atoms with Crippen LogP contribution < -0.4 is 5.32 Å². The quantitative estimate of drug-likeness (QED) is 0.735. The maximum absolute atomic E-state index is 12.6. The standard InChI is InChI=1S/C20H21N5OS/c26-19(23-16-7-2-1-3-8-16)15-6-4-11-25(12-15)13-17-14-27-20(24-17)18-21-9-5-10-22-18/h1-3,5,7-10,14-15H,4,6,11-13H2,(H,23,26). The number of para-hydroxylation sites is 1. The summed E-state index contributed by atoms with van der Waals surface area (Å²) in [4.78, 5) is 28.1. The van der Waals surface area contributed by atoms with Gasteiger partial charge in [0.1, 0.15) is 0 Å². The average Bonchev–Trinajstić information content (AvgIpc) is 3.18. The van der Waals surface area contributed by atoms with Crippen molar-refractivity contribution in [3.05, 3.63) is 59.9 Å². The van der Waals surface area contributed by atoms with E-state index in [0.29, 0.717) is 5.82 Å². The molecule has 1 unspecified atom stereocenters. The lowest BCUT2D eigenvalue weighted by molar-refractivity contribution is -0.121. The summed E-state index contributed by atoms with van der Waals surface area (Å²) in [6.45, 7) is 2.50. The van der Waals surface area contributed by atoms with Crippen LogP contribution in [0.2, 0.25) is 0 Å². The van der Waals surface area contributed by atoms with Gasteiger partial charge >= 0.3 is 0 Å². The number of rotatable bonds is 5. The van der Waals surface area contributed by atoms with Crippen LogP contribution in [0, 0.1) is 5.92 Å². The monoisotopic (exact) mass is 379 g/mol. The molecule has 138 valence electrons. The molecule has 1 atom stereocenters. The van der Waals surface area contributed by atoms with Crippen molar-refractivity contribution in [3.63, 3.8) is 0 Å². The van der Waals surface area contributed by atoms with Crippen molar-refractivity contribution >= 4 is 22.9 Å². The highest BCUT2D eigenvalue weighted by atomic mass is 32.1. The molecule has 1 aliphatic rings. The number of carbonyl (C=O) groups is 1. The van der Waals surface area contributed by atoms with Crippen molar-refractivity contribution in [1.82, 2.24) is 19.9 Å². The first-order valence-electron chi connectivity index (χ1n) is 9.08. The predicted octanol–water partition coefficient (Wildman–Crippen LogP) is 3.45. The fraction of sp³-hybridized carbons (Fsp3) is 0.300. The topological polar surface area (TPSA) is 71.0 Å². The van der Waals surface area contributed by atoms with Crippen LogP contribution in [0.15, 0.2) is 54.2 Å². The van der Waals surface area contributed by atoms with Crippen LogP contribution in [0.3, 0.4) is 0 Å². The van der Waals surface area contributed by atoms with Crippen molar-refractivity contribution in [3.8, 4) is 10.8 Å². The van der Waals surface area contributed by atoms with E-state index in [2.05, 4.69) is 30.5 Å². The molecule has 0 spiro atoms. The summed E-state index contributed by atoms with van der Waals surface area (Å²) in [5, 5.41) is 5.92. The highest BCUT2D eigenvalue weighted by molar-refractivity contribution is 7.13. The maximum Gasteiger partial charge on any atom is 0.228 e. The molecule has 0 radical (unpaired) electrons. The summed E-state index contributed by atoms with van der Waals surface area (Å²) in [6, 6.07) is 11.4.